The fourth-order valence-corrected chi connectivity index (χ4v) is 3.81. The van der Waals surface area contributed by atoms with Crippen molar-refractivity contribution < 1.29 is 23.8 Å². The highest BCUT2D eigenvalue weighted by Crippen LogP contribution is 2.30. The summed E-state index contributed by atoms with van der Waals surface area (Å²) in [6.45, 7) is 4.81. The third-order valence-corrected chi connectivity index (χ3v) is 5.65. The van der Waals surface area contributed by atoms with Gasteiger partial charge in [-0.05, 0) is 56.0 Å². The van der Waals surface area contributed by atoms with Crippen molar-refractivity contribution in [3.63, 3.8) is 0 Å². The molecule has 0 aliphatic carbocycles. The van der Waals surface area contributed by atoms with E-state index < -0.39 is 11.7 Å². The second-order valence-corrected chi connectivity index (χ2v) is 7.59. The van der Waals surface area contributed by atoms with E-state index in [1.807, 2.05) is 19.9 Å². The number of aliphatic hydroxyl groups excluding tert-OH is 1. The third kappa shape index (κ3) is 3.91. The molecule has 4 rings (SSSR count). The lowest BCUT2D eigenvalue weighted by Crippen LogP contribution is -2.17. The molecule has 6 nitrogen and oxygen atoms in total. The lowest BCUT2D eigenvalue weighted by molar-refractivity contribution is 0.0678. The molecular formula is C23H25FN2O4. The predicted molar refractivity (Wildman–Crippen MR) is 113 cm³/mol. The summed E-state index contributed by atoms with van der Waals surface area (Å²) in [5, 5.41) is 13.2. The van der Waals surface area contributed by atoms with E-state index in [1.54, 1.807) is 12.1 Å². The summed E-state index contributed by atoms with van der Waals surface area (Å²) in [5.74, 6) is -0.809. The number of amides is 1. The van der Waals surface area contributed by atoms with Gasteiger partial charge in [-0.2, -0.15) is 0 Å². The zero-order chi connectivity index (χ0) is 21.3. The van der Waals surface area contributed by atoms with Crippen LogP contribution in [-0.2, 0) is 11.3 Å². The Morgan fingerprint density at radius 1 is 1.30 bits per heavy atom. The van der Waals surface area contributed by atoms with Crippen molar-refractivity contribution in [3.8, 4) is 5.75 Å². The number of aryl methyl sites for hydroxylation is 2. The van der Waals surface area contributed by atoms with Gasteiger partial charge >= 0.3 is 0 Å². The van der Waals surface area contributed by atoms with Crippen LogP contribution in [0.15, 0.2) is 30.3 Å². The van der Waals surface area contributed by atoms with Gasteiger partial charge in [-0.15, -0.1) is 0 Å². The molecule has 1 aromatic heterocycles. The minimum Gasteiger partial charge on any atom is -0.491 e. The summed E-state index contributed by atoms with van der Waals surface area (Å²) < 4.78 is 25.6. The number of aromatic amines is 1. The predicted octanol–water partition coefficient (Wildman–Crippen LogP) is 4.23. The van der Waals surface area contributed by atoms with Crippen LogP contribution in [0, 0.1) is 19.7 Å². The van der Waals surface area contributed by atoms with Gasteiger partial charge in [0.05, 0.1) is 23.8 Å². The van der Waals surface area contributed by atoms with E-state index in [9.17, 15) is 14.3 Å². The molecule has 1 fully saturated rings. The standard InChI is InChI=1S/C23H25FN2O4/c1-13-17-7-8-20(14(2)22(17)25-21(13)11-27)26-23(28)18-6-5-15(10-19(18)24)30-12-16-4-3-9-29-16/h5-8,10,16,25,27H,3-4,9,11-12H2,1-2H3,(H,26,28)/t16-/m0/s1. The number of nitrogens with one attached hydrogen (secondary N) is 2. The summed E-state index contributed by atoms with van der Waals surface area (Å²) in [7, 11) is 0. The maximum atomic E-state index is 14.6. The van der Waals surface area contributed by atoms with Gasteiger partial charge in [0.15, 0.2) is 0 Å². The first-order valence-corrected chi connectivity index (χ1v) is 10.0. The normalized spacial score (nSPS) is 16.2. The first-order chi connectivity index (χ1) is 14.5. The van der Waals surface area contributed by atoms with Crippen LogP contribution in [0.4, 0.5) is 10.1 Å². The molecule has 1 amide bonds. The molecule has 0 saturated carbocycles. The molecule has 2 aromatic carbocycles. The van der Waals surface area contributed by atoms with Crippen LogP contribution in [-0.4, -0.2) is 35.3 Å². The van der Waals surface area contributed by atoms with Crippen molar-refractivity contribution in [2.45, 2.75) is 39.4 Å². The summed E-state index contributed by atoms with van der Waals surface area (Å²) in [4.78, 5) is 15.9. The summed E-state index contributed by atoms with van der Waals surface area (Å²) in [6, 6.07) is 7.90. The number of carbonyl (C=O) groups excluding carboxylic acids is 1. The molecule has 0 spiro atoms. The van der Waals surface area contributed by atoms with Crippen LogP contribution >= 0.6 is 0 Å². The fraction of sp³-hybridized carbons (Fsp3) is 0.348. The minimum atomic E-state index is -0.644. The molecule has 0 bridgehead atoms. The lowest BCUT2D eigenvalue weighted by Gasteiger charge is -2.13. The van der Waals surface area contributed by atoms with Crippen LogP contribution in [0.1, 0.15) is 40.0 Å². The molecule has 2 heterocycles. The molecule has 0 radical (unpaired) electrons. The van der Waals surface area contributed by atoms with Gasteiger partial charge in [0.2, 0.25) is 0 Å². The van der Waals surface area contributed by atoms with Crippen molar-refractivity contribution >= 4 is 22.5 Å². The second kappa shape index (κ2) is 8.45. The lowest BCUT2D eigenvalue weighted by atomic mass is 10.1. The number of fused-ring (bicyclic) bond motifs is 1. The van der Waals surface area contributed by atoms with E-state index >= 15 is 0 Å². The Morgan fingerprint density at radius 3 is 2.83 bits per heavy atom. The van der Waals surface area contributed by atoms with Crippen molar-refractivity contribution in [1.29, 1.82) is 0 Å². The van der Waals surface area contributed by atoms with Crippen LogP contribution in [0.3, 0.4) is 0 Å². The molecule has 3 aromatic rings. The molecule has 1 atom stereocenters. The molecule has 1 aliphatic rings. The Labute approximate surface area is 174 Å². The van der Waals surface area contributed by atoms with Crippen molar-refractivity contribution in [1.82, 2.24) is 4.98 Å². The maximum Gasteiger partial charge on any atom is 0.258 e. The number of aromatic nitrogens is 1. The Balaban J connectivity index is 1.50. The number of H-pyrrole nitrogens is 1. The highest BCUT2D eigenvalue weighted by molar-refractivity contribution is 6.06. The SMILES string of the molecule is Cc1c(CO)[nH]c2c(C)c(NC(=O)c3ccc(OC[C@@H]4CCCO4)cc3F)ccc12. The van der Waals surface area contributed by atoms with Crippen LogP contribution in [0.2, 0.25) is 0 Å². The highest BCUT2D eigenvalue weighted by Gasteiger charge is 2.18. The van der Waals surface area contributed by atoms with E-state index in [0.29, 0.717) is 18.0 Å². The Kier molecular flexibility index (Phi) is 5.74. The summed E-state index contributed by atoms with van der Waals surface area (Å²) in [5.41, 5.74) is 3.89. The topological polar surface area (TPSA) is 83.6 Å². The van der Waals surface area contributed by atoms with Gasteiger partial charge in [-0.3, -0.25) is 4.79 Å². The van der Waals surface area contributed by atoms with Crippen LogP contribution < -0.4 is 10.1 Å². The number of aliphatic hydroxyl groups is 1. The largest absolute Gasteiger partial charge is 0.491 e. The molecule has 1 saturated heterocycles. The number of hydrogen-bond donors (Lipinski definition) is 3. The second-order valence-electron chi connectivity index (χ2n) is 7.59. The Hall–Kier alpha value is -2.90. The summed E-state index contributed by atoms with van der Waals surface area (Å²) >= 11 is 0. The first-order valence-electron chi connectivity index (χ1n) is 10.0. The number of benzene rings is 2. The molecule has 158 valence electrons. The average molecular weight is 412 g/mol. The van der Waals surface area contributed by atoms with Gasteiger partial charge in [0, 0.05) is 29.4 Å². The molecule has 30 heavy (non-hydrogen) atoms. The monoisotopic (exact) mass is 412 g/mol. The summed E-state index contributed by atoms with van der Waals surface area (Å²) in [6.07, 6.45) is 1.99. The number of anilines is 1. The van der Waals surface area contributed by atoms with E-state index in [4.69, 9.17) is 9.47 Å². The highest BCUT2D eigenvalue weighted by atomic mass is 19.1. The zero-order valence-corrected chi connectivity index (χ0v) is 17.0. The van der Waals surface area contributed by atoms with Crippen LogP contribution in [0.25, 0.3) is 10.9 Å². The Bertz CT molecular complexity index is 1090. The molecule has 3 N–H and O–H groups in total. The van der Waals surface area contributed by atoms with Crippen molar-refractivity contribution in [2.75, 3.05) is 18.5 Å². The van der Waals surface area contributed by atoms with Gasteiger partial charge in [0.25, 0.3) is 5.91 Å². The number of rotatable bonds is 6. The number of hydrogen-bond acceptors (Lipinski definition) is 4. The molecular weight excluding hydrogens is 387 g/mol. The van der Waals surface area contributed by atoms with Gasteiger partial charge in [0.1, 0.15) is 18.2 Å². The van der Waals surface area contributed by atoms with E-state index in [2.05, 4.69) is 10.3 Å². The van der Waals surface area contributed by atoms with E-state index in [-0.39, 0.29) is 18.3 Å². The van der Waals surface area contributed by atoms with Crippen LogP contribution in [0.5, 0.6) is 5.75 Å². The maximum absolute atomic E-state index is 14.6. The average Bonchev–Trinajstić information content (AvgIpc) is 3.36. The van der Waals surface area contributed by atoms with Gasteiger partial charge in [-0.25, -0.2) is 4.39 Å². The smallest absolute Gasteiger partial charge is 0.258 e. The molecule has 1 aliphatic heterocycles. The Morgan fingerprint density at radius 2 is 2.13 bits per heavy atom. The minimum absolute atomic E-state index is 0.0388. The molecule has 7 heteroatoms. The first kappa shape index (κ1) is 20.4. The number of ether oxygens (including phenoxy) is 2. The van der Waals surface area contributed by atoms with Crippen molar-refractivity contribution in [3.05, 3.63) is 58.5 Å². The number of halogens is 1. The fourth-order valence-electron chi connectivity index (χ4n) is 3.81. The zero-order valence-electron chi connectivity index (χ0n) is 17.0. The van der Waals surface area contributed by atoms with Gasteiger partial charge in [-0.1, -0.05) is 6.07 Å². The van der Waals surface area contributed by atoms with Crippen molar-refractivity contribution in [2.24, 2.45) is 0 Å². The van der Waals surface area contributed by atoms with E-state index in [1.165, 1.54) is 12.1 Å². The molecule has 0 unspecified atom stereocenters. The van der Waals surface area contributed by atoms with Gasteiger partial charge < -0.3 is 24.9 Å². The van der Waals surface area contributed by atoms with E-state index in [0.717, 1.165) is 47.2 Å². The quantitative estimate of drug-likeness (QED) is 0.566. The third-order valence-electron chi connectivity index (χ3n) is 5.65. The number of carbonyl (C=O) groups is 1.